The lowest BCUT2D eigenvalue weighted by molar-refractivity contribution is -0.757. The smallest absolute Gasteiger partial charge is 0.335 e. The van der Waals surface area contributed by atoms with Crippen LogP contribution < -0.4 is 5.48 Å². The Balaban J connectivity index is 1.92. The molecule has 1 aliphatic carbocycles. The van der Waals surface area contributed by atoms with Gasteiger partial charge in [0.15, 0.2) is 16.4 Å². The highest BCUT2D eigenvalue weighted by molar-refractivity contribution is 7.90. The zero-order chi connectivity index (χ0) is 28.6. The SMILES string of the molecule is CC(C)(C)OC(=O)CONC(=CCCO[N+](=O)[O-])c1cc(-c2ccc(S(C)(=O)=O)cc2)n(C2CCCCC2)n1. The highest BCUT2D eigenvalue weighted by Crippen LogP contribution is 2.34. The predicted molar refractivity (Wildman–Crippen MR) is 143 cm³/mol. The highest BCUT2D eigenvalue weighted by atomic mass is 32.2. The number of carbonyl (C=O) groups is 1. The van der Waals surface area contributed by atoms with Gasteiger partial charge in [0.05, 0.1) is 22.3 Å². The van der Waals surface area contributed by atoms with E-state index in [9.17, 15) is 23.3 Å². The minimum absolute atomic E-state index is 0.152. The van der Waals surface area contributed by atoms with Gasteiger partial charge in [-0.3, -0.25) is 15.0 Å². The minimum Gasteiger partial charge on any atom is -0.458 e. The number of benzene rings is 1. The van der Waals surface area contributed by atoms with E-state index < -0.39 is 26.5 Å². The van der Waals surface area contributed by atoms with E-state index in [0.29, 0.717) is 11.4 Å². The number of ether oxygens (including phenoxy) is 1. The molecular weight excluding hydrogens is 528 g/mol. The van der Waals surface area contributed by atoms with Gasteiger partial charge in [-0.05, 0) is 63.8 Å². The van der Waals surface area contributed by atoms with Crippen molar-refractivity contribution in [1.82, 2.24) is 15.3 Å². The fourth-order valence-corrected chi connectivity index (χ4v) is 4.92. The van der Waals surface area contributed by atoms with Crippen LogP contribution in [-0.4, -0.2) is 54.3 Å². The van der Waals surface area contributed by atoms with Crippen molar-refractivity contribution in [2.75, 3.05) is 19.5 Å². The van der Waals surface area contributed by atoms with Crippen molar-refractivity contribution < 1.29 is 32.7 Å². The summed E-state index contributed by atoms with van der Waals surface area (Å²) in [4.78, 5) is 32.7. The molecule has 1 fully saturated rings. The molecular formula is C26H36N4O8S. The van der Waals surface area contributed by atoms with Crippen molar-refractivity contribution in [3.63, 3.8) is 0 Å². The molecule has 1 aromatic carbocycles. The monoisotopic (exact) mass is 564 g/mol. The number of carbonyl (C=O) groups excluding carboxylic acids is 1. The molecule has 0 spiro atoms. The van der Waals surface area contributed by atoms with Crippen molar-refractivity contribution >= 4 is 21.5 Å². The number of aromatic nitrogens is 2. The van der Waals surface area contributed by atoms with Gasteiger partial charge >= 0.3 is 5.97 Å². The molecule has 0 radical (unpaired) electrons. The molecule has 0 unspecified atom stereocenters. The summed E-state index contributed by atoms with van der Waals surface area (Å²) in [5, 5.41) is 14.5. The van der Waals surface area contributed by atoms with Gasteiger partial charge in [0.1, 0.15) is 17.9 Å². The number of nitrogens with zero attached hydrogens (tertiary/aromatic N) is 3. The Bertz CT molecular complexity index is 1270. The van der Waals surface area contributed by atoms with Gasteiger partial charge in [-0.2, -0.15) is 5.10 Å². The summed E-state index contributed by atoms with van der Waals surface area (Å²) in [7, 11) is -3.34. The van der Waals surface area contributed by atoms with E-state index in [1.54, 1.807) is 51.1 Å². The predicted octanol–water partition coefficient (Wildman–Crippen LogP) is 4.26. The quantitative estimate of drug-likeness (QED) is 0.171. The summed E-state index contributed by atoms with van der Waals surface area (Å²) in [6.07, 6.45) is 8.19. The molecule has 0 amide bonds. The molecule has 1 aliphatic rings. The topological polar surface area (TPSA) is 152 Å². The first kappa shape index (κ1) is 30.1. The molecule has 2 aromatic rings. The zero-order valence-electron chi connectivity index (χ0n) is 22.7. The van der Waals surface area contributed by atoms with Gasteiger partial charge < -0.3 is 9.57 Å². The summed E-state index contributed by atoms with van der Waals surface area (Å²) < 4.78 is 31.1. The number of rotatable bonds is 12. The van der Waals surface area contributed by atoms with Gasteiger partial charge in [-0.25, -0.2) is 13.2 Å². The first-order chi connectivity index (χ1) is 18.3. The van der Waals surface area contributed by atoms with E-state index in [0.717, 1.165) is 49.6 Å². The number of esters is 1. The van der Waals surface area contributed by atoms with E-state index >= 15 is 0 Å². The minimum atomic E-state index is -3.34. The number of sulfone groups is 1. The first-order valence-electron chi connectivity index (χ1n) is 12.8. The largest absolute Gasteiger partial charge is 0.458 e. The molecule has 39 heavy (non-hydrogen) atoms. The molecule has 1 saturated carbocycles. The maximum atomic E-state index is 12.1. The fourth-order valence-electron chi connectivity index (χ4n) is 4.29. The number of nitrogens with one attached hydrogen (secondary N) is 1. The lowest BCUT2D eigenvalue weighted by Crippen LogP contribution is -2.28. The summed E-state index contributed by atoms with van der Waals surface area (Å²) >= 11 is 0. The Kier molecular flexibility index (Phi) is 10.1. The Labute approximate surface area is 228 Å². The number of hydrogen-bond donors (Lipinski definition) is 1. The molecule has 12 nitrogen and oxygen atoms in total. The van der Waals surface area contributed by atoms with Crippen LogP contribution in [0.25, 0.3) is 17.0 Å². The second-order valence-electron chi connectivity index (χ2n) is 10.4. The Morgan fingerprint density at radius 2 is 1.87 bits per heavy atom. The van der Waals surface area contributed by atoms with Crippen LogP contribution in [0, 0.1) is 10.1 Å². The van der Waals surface area contributed by atoms with Crippen LogP contribution in [0.1, 0.15) is 71.0 Å². The summed E-state index contributed by atoms with van der Waals surface area (Å²) in [6, 6.07) is 8.62. The van der Waals surface area contributed by atoms with Crippen LogP contribution in [0.15, 0.2) is 41.3 Å². The number of hydroxylamine groups is 1. The van der Waals surface area contributed by atoms with Crippen LogP contribution in [0.3, 0.4) is 0 Å². The summed E-state index contributed by atoms with van der Waals surface area (Å²) in [5.41, 5.74) is 4.55. The van der Waals surface area contributed by atoms with Gasteiger partial charge in [-0.1, -0.05) is 37.5 Å². The lowest BCUT2D eigenvalue weighted by Gasteiger charge is -2.24. The normalized spacial score (nSPS) is 15.1. The summed E-state index contributed by atoms with van der Waals surface area (Å²) in [6.45, 7) is 4.71. The van der Waals surface area contributed by atoms with Crippen LogP contribution in [0.2, 0.25) is 0 Å². The molecule has 0 atom stereocenters. The van der Waals surface area contributed by atoms with Gasteiger partial charge in [0.25, 0.3) is 5.09 Å². The molecule has 1 aromatic heterocycles. The second-order valence-corrected chi connectivity index (χ2v) is 12.4. The highest BCUT2D eigenvalue weighted by Gasteiger charge is 2.23. The third-order valence-electron chi connectivity index (χ3n) is 5.97. The molecule has 3 rings (SSSR count). The summed E-state index contributed by atoms with van der Waals surface area (Å²) in [5.74, 6) is -0.564. The van der Waals surface area contributed by atoms with E-state index in [-0.39, 0.29) is 30.6 Å². The van der Waals surface area contributed by atoms with Crippen molar-refractivity contribution in [2.45, 2.75) is 75.8 Å². The average molecular weight is 565 g/mol. The van der Waals surface area contributed by atoms with E-state index in [1.807, 2.05) is 10.7 Å². The van der Waals surface area contributed by atoms with Crippen LogP contribution >= 0.6 is 0 Å². The molecule has 1 N–H and O–H groups in total. The number of hydrogen-bond acceptors (Lipinski definition) is 10. The molecule has 1 heterocycles. The van der Waals surface area contributed by atoms with Crippen LogP contribution in [-0.2, 0) is 29.0 Å². The molecule has 0 aliphatic heterocycles. The van der Waals surface area contributed by atoms with Gasteiger partial charge in [0.2, 0.25) is 0 Å². The van der Waals surface area contributed by atoms with Gasteiger partial charge in [-0.15, -0.1) is 10.1 Å². The molecule has 13 heteroatoms. The third kappa shape index (κ3) is 9.36. The maximum Gasteiger partial charge on any atom is 0.335 e. The maximum absolute atomic E-state index is 12.1. The average Bonchev–Trinajstić information content (AvgIpc) is 3.30. The van der Waals surface area contributed by atoms with Crippen LogP contribution in [0.5, 0.6) is 0 Å². The lowest BCUT2D eigenvalue weighted by atomic mass is 9.95. The first-order valence-corrected chi connectivity index (χ1v) is 14.7. The molecule has 214 valence electrons. The van der Waals surface area contributed by atoms with Crippen LogP contribution in [0.4, 0.5) is 0 Å². The van der Waals surface area contributed by atoms with Crippen molar-refractivity contribution in [3.8, 4) is 11.3 Å². The molecule has 0 saturated heterocycles. The standard InChI is InChI=1S/C26H36N4O8S/c1-26(2,3)38-25(31)18-36-28-22(11-8-16-37-30(32)33)23-17-24(29(27-23)20-9-6-5-7-10-20)19-12-14-21(15-13-19)39(4,34)35/h11-15,17,20,28H,5-10,16,18H2,1-4H3. The van der Waals surface area contributed by atoms with E-state index in [2.05, 4.69) is 10.3 Å². The third-order valence-corrected chi connectivity index (χ3v) is 7.09. The molecule has 0 bridgehead atoms. The Morgan fingerprint density at radius 3 is 2.46 bits per heavy atom. The van der Waals surface area contributed by atoms with E-state index in [1.165, 1.54) is 0 Å². The van der Waals surface area contributed by atoms with Crippen molar-refractivity contribution in [1.29, 1.82) is 0 Å². The van der Waals surface area contributed by atoms with E-state index in [4.69, 9.17) is 14.7 Å². The van der Waals surface area contributed by atoms with Gasteiger partial charge in [0, 0.05) is 6.26 Å². The zero-order valence-corrected chi connectivity index (χ0v) is 23.5. The fraction of sp³-hybridized carbons (Fsp3) is 0.538. The Morgan fingerprint density at radius 1 is 1.21 bits per heavy atom. The van der Waals surface area contributed by atoms with Crippen molar-refractivity contribution in [2.24, 2.45) is 0 Å². The Hall–Kier alpha value is -3.45. The van der Waals surface area contributed by atoms with Crippen molar-refractivity contribution in [3.05, 3.63) is 52.2 Å². The second kappa shape index (κ2) is 13.1.